The van der Waals surface area contributed by atoms with Crippen LogP contribution in [0.1, 0.15) is 99.4 Å². The highest BCUT2D eigenvalue weighted by atomic mass is 16.6. The maximum atomic E-state index is 13.9. The minimum atomic E-state index is -0.778. The quantitative estimate of drug-likeness (QED) is 0.0988. The second-order valence-corrected chi connectivity index (χ2v) is 17.5. The van der Waals surface area contributed by atoms with Gasteiger partial charge in [0.2, 0.25) is 5.91 Å². The summed E-state index contributed by atoms with van der Waals surface area (Å²) in [7, 11) is 0. The van der Waals surface area contributed by atoms with Crippen LogP contribution in [-0.2, 0) is 60.7 Å². The average molecular weight is 823 g/mol. The van der Waals surface area contributed by atoms with Gasteiger partial charge in [0.25, 0.3) is 0 Å². The Morgan fingerprint density at radius 1 is 0.690 bits per heavy atom. The first-order valence-electron chi connectivity index (χ1n) is 20.7. The van der Waals surface area contributed by atoms with Gasteiger partial charge in [0.1, 0.15) is 22.8 Å². The molecule has 0 saturated heterocycles. The number of carbonyl (C=O) groups excluding carboxylic acids is 4. The lowest BCUT2D eigenvalue weighted by Crippen LogP contribution is -2.49. The Morgan fingerprint density at radius 2 is 1.19 bits per heavy atom. The van der Waals surface area contributed by atoms with Crippen LogP contribution in [0.25, 0.3) is 0 Å². The van der Waals surface area contributed by atoms with E-state index >= 15 is 0 Å². The maximum Gasteiger partial charge on any atom is 0.323 e. The van der Waals surface area contributed by atoms with E-state index < -0.39 is 28.8 Å². The van der Waals surface area contributed by atoms with Crippen molar-refractivity contribution in [1.29, 1.82) is 0 Å². The molecule has 332 valence electrons. The molecule has 2 bridgehead atoms. The number of hydrogen-bond acceptors (Lipinski definition) is 15. The van der Waals surface area contributed by atoms with Crippen molar-refractivity contribution in [2.24, 2.45) is 5.73 Å². The van der Waals surface area contributed by atoms with Gasteiger partial charge in [0.15, 0.2) is 0 Å². The summed E-state index contributed by atoms with van der Waals surface area (Å²) in [6.45, 7) is 22.8. The Kier molecular flexibility index (Phi) is 22.9. The van der Waals surface area contributed by atoms with Crippen LogP contribution >= 0.6 is 0 Å². The molecule has 1 amide bonds. The van der Waals surface area contributed by atoms with Crippen LogP contribution < -0.4 is 11.1 Å². The first kappa shape index (κ1) is 50.9. The van der Waals surface area contributed by atoms with Gasteiger partial charge in [-0.2, -0.15) is 0 Å². The third-order valence-corrected chi connectivity index (χ3v) is 8.39. The number of nitrogens with one attached hydrogen (secondary N) is 1. The van der Waals surface area contributed by atoms with Crippen LogP contribution in [0.2, 0.25) is 0 Å². The molecule has 1 aliphatic heterocycles. The average Bonchev–Trinajstić information content (AvgIpc) is 3.08. The largest absolute Gasteiger partial charge is 0.459 e. The lowest BCUT2D eigenvalue weighted by atomic mass is 10.1. The lowest BCUT2D eigenvalue weighted by Gasteiger charge is -2.35. The molecule has 58 heavy (non-hydrogen) atoms. The fourth-order valence-electron chi connectivity index (χ4n) is 5.94. The number of hydrogen-bond donors (Lipinski definition) is 2. The van der Waals surface area contributed by atoms with Gasteiger partial charge in [-0.3, -0.25) is 38.9 Å². The van der Waals surface area contributed by atoms with Gasteiger partial charge in [-0.05, 0) is 100 Å². The second-order valence-electron chi connectivity index (χ2n) is 17.5. The van der Waals surface area contributed by atoms with E-state index in [1.807, 2.05) is 95.2 Å². The zero-order chi connectivity index (χ0) is 43.2. The first-order chi connectivity index (χ1) is 27.2. The molecule has 0 radical (unpaired) electrons. The van der Waals surface area contributed by atoms with Gasteiger partial charge < -0.3 is 39.5 Å². The van der Waals surface area contributed by atoms with Crippen molar-refractivity contribution in [2.45, 2.75) is 124 Å². The van der Waals surface area contributed by atoms with E-state index in [0.29, 0.717) is 97.6 Å². The zero-order valence-corrected chi connectivity index (χ0v) is 36.9. The number of amides is 1. The van der Waals surface area contributed by atoms with Gasteiger partial charge in [-0.25, -0.2) is 0 Å². The van der Waals surface area contributed by atoms with Crippen LogP contribution in [0.4, 0.5) is 0 Å². The van der Waals surface area contributed by atoms with Crippen molar-refractivity contribution < 1.29 is 47.6 Å². The van der Waals surface area contributed by atoms with Crippen molar-refractivity contribution in [3.63, 3.8) is 0 Å². The van der Waals surface area contributed by atoms with Crippen molar-refractivity contribution in [3.05, 3.63) is 29.6 Å². The van der Waals surface area contributed by atoms with Gasteiger partial charge in [-0.15, -0.1) is 0 Å². The predicted molar refractivity (Wildman–Crippen MR) is 221 cm³/mol. The van der Waals surface area contributed by atoms with Crippen molar-refractivity contribution in [3.8, 4) is 0 Å². The summed E-state index contributed by atoms with van der Waals surface area (Å²) < 4.78 is 33.8. The van der Waals surface area contributed by atoms with Crippen LogP contribution in [-0.4, -0.2) is 158 Å². The topological polar surface area (TPSA) is 184 Å². The number of pyridine rings is 1. The van der Waals surface area contributed by atoms with Gasteiger partial charge in [0, 0.05) is 65.4 Å². The molecular formula is C42H74N6O10. The summed E-state index contributed by atoms with van der Waals surface area (Å²) in [4.78, 5) is 63.9. The van der Waals surface area contributed by atoms with E-state index in [2.05, 4.69) is 5.32 Å². The number of nitrogens with two attached hydrogens (primary N) is 1. The summed E-state index contributed by atoms with van der Waals surface area (Å²) in [6.07, 6.45) is 1.76. The van der Waals surface area contributed by atoms with Crippen LogP contribution in [0, 0.1) is 0 Å². The van der Waals surface area contributed by atoms with E-state index in [4.69, 9.17) is 39.1 Å². The van der Waals surface area contributed by atoms with E-state index in [1.165, 1.54) is 0 Å². The molecule has 1 aromatic rings. The molecule has 2 heterocycles. The molecule has 1 unspecified atom stereocenters. The molecule has 1 atom stereocenters. The summed E-state index contributed by atoms with van der Waals surface area (Å²) in [5.41, 5.74) is 4.85. The highest BCUT2D eigenvalue weighted by Gasteiger charge is 2.32. The summed E-state index contributed by atoms with van der Waals surface area (Å²) in [5, 5.41) is 2.95. The monoisotopic (exact) mass is 823 g/mol. The van der Waals surface area contributed by atoms with Crippen molar-refractivity contribution in [1.82, 2.24) is 25.0 Å². The smallest absolute Gasteiger partial charge is 0.323 e. The Bertz CT molecular complexity index is 1380. The number of esters is 3. The lowest BCUT2D eigenvalue weighted by molar-refractivity contribution is -0.163. The molecule has 0 saturated carbocycles. The standard InChI is InChI=1S/C42H74N6O10/c1-40(2,3)56-37(50)31-46-19-20-47(32-38(51)57-41(4,5)6)29-33-13-10-14-34(45-33)30-48(22-21-46)35(39(52)58-42(7,8)9)15-16-36(49)44-18-12-24-54-26-28-55-27-25-53-23-11-17-43/h10,13-14,35H,11-12,15-32,43H2,1-9H3,(H,44,49). The minimum Gasteiger partial charge on any atom is -0.459 e. The van der Waals surface area contributed by atoms with Crippen LogP contribution in [0.3, 0.4) is 0 Å². The third kappa shape index (κ3) is 24.6. The van der Waals surface area contributed by atoms with Crippen molar-refractivity contribution in [2.75, 3.05) is 92.0 Å². The van der Waals surface area contributed by atoms with E-state index in [0.717, 1.165) is 12.1 Å². The first-order valence-corrected chi connectivity index (χ1v) is 20.7. The molecule has 2 rings (SSSR count). The van der Waals surface area contributed by atoms with E-state index in [9.17, 15) is 19.2 Å². The molecule has 16 nitrogen and oxygen atoms in total. The Morgan fingerprint density at radius 3 is 1.76 bits per heavy atom. The minimum absolute atomic E-state index is 0.00969. The maximum absolute atomic E-state index is 13.9. The fourth-order valence-corrected chi connectivity index (χ4v) is 5.94. The Balaban J connectivity index is 2.18. The number of nitrogens with zero attached hydrogens (tertiary/aromatic N) is 4. The number of aromatic nitrogens is 1. The molecule has 3 N–H and O–H groups in total. The Hall–Kier alpha value is -3.25. The number of rotatable bonds is 22. The molecule has 0 fully saturated rings. The summed E-state index contributed by atoms with van der Waals surface area (Å²) in [6, 6.07) is 4.93. The number of ether oxygens (including phenoxy) is 6. The fraction of sp³-hybridized carbons (Fsp3) is 0.786. The van der Waals surface area contributed by atoms with Gasteiger partial charge in [-0.1, -0.05) is 6.07 Å². The second kappa shape index (κ2) is 26.1. The molecule has 0 aliphatic carbocycles. The highest BCUT2D eigenvalue weighted by Crippen LogP contribution is 2.19. The van der Waals surface area contributed by atoms with Crippen LogP contribution in [0.5, 0.6) is 0 Å². The normalized spacial score (nSPS) is 15.8. The van der Waals surface area contributed by atoms with E-state index in [-0.39, 0.29) is 50.3 Å². The van der Waals surface area contributed by atoms with Crippen molar-refractivity contribution >= 4 is 23.8 Å². The number of carbonyl (C=O) groups is 4. The van der Waals surface area contributed by atoms with Crippen LogP contribution in [0.15, 0.2) is 18.2 Å². The molecule has 1 aliphatic rings. The predicted octanol–water partition coefficient (Wildman–Crippen LogP) is 3.08. The summed E-state index contributed by atoms with van der Waals surface area (Å²) >= 11 is 0. The number of fused-ring (bicyclic) bond motifs is 2. The Labute approximate surface area is 347 Å². The molecule has 0 spiro atoms. The molecule has 1 aromatic heterocycles. The van der Waals surface area contributed by atoms with Gasteiger partial charge >= 0.3 is 17.9 Å². The molecule has 0 aromatic carbocycles. The van der Waals surface area contributed by atoms with Gasteiger partial charge in [0.05, 0.1) is 50.9 Å². The SMILES string of the molecule is CC(C)(C)OC(=O)CN1CCN(CC(=O)OC(C)(C)C)Cc2cccc(n2)CN(C(CCC(=O)NCCCOCCOCCOCCCN)C(=O)OC(C)(C)C)CC1. The molecule has 16 heteroatoms. The highest BCUT2D eigenvalue weighted by molar-refractivity contribution is 5.79. The zero-order valence-electron chi connectivity index (χ0n) is 36.9. The molecular weight excluding hydrogens is 748 g/mol. The third-order valence-electron chi connectivity index (χ3n) is 8.39. The van der Waals surface area contributed by atoms with E-state index in [1.54, 1.807) is 0 Å². The summed E-state index contributed by atoms with van der Waals surface area (Å²) in [5.74, 6) is -1.35.